The highest BCUT2D eigenvalue weighted by Gasteiger charge is 2.14. The van der Waals surface area contributed by atoms with Crippen LogP contribution >= 0.6 is 27.3 Å². The van der Waals surface area contributed by atoms with E-state index < -0.39 is 0 Å². The monoisotopic (exact) mass is 311 g/mol. The van der Waals surface area contributed by atoms with Crippen LogP contribution < -0.4 is 11.3 Å². The Morgan fingerprint density at radius 1 is 1.47 bits per heavy atom. The standard InChI is InChI=1S/C12H14BrN3S/c1-8-3-2-4-10(15-8)11(16-14)7-12-9(13)5-6-17-12/h2-6,11,16H,7,14H2,1H3. The maximum Gasteiger partial charge on any atom is 0.0680 e. The molecule has 0 saturated carbocycles. The molecule has 3 N–H and O–H groups in total. The van der Waals surface area contributed by atoms with Crippen molar-refractivity contribution in [2.24, 2.45) is 5.84 Å². The Hall–Kier alpha value is -0.750. The highest BCUT2D eigenvalue weighted by Crippen LogP contribution is 2.27. The van der Waals surface area contributed by atoms with E-state index in [1.165, 1.54) is 4.88 Å². The molecule has 0 spiro atoms. The van der Waals surface area contributed by atoms with Gasteiger partial charge in [0.1, 0.15) is 0 Å². The molecule has 5 heteroatoms. The average Bonchev–Trinajstić information content (AvgIpc) is 2.71. The van der Waals surface area contributed by atoms with Gasteiger partial charge >= 0.3 is 0 Å². The van der Waals surface area contributed by atoms with Crippen molar-refractivity contribution in [1.82, 2.24) is 10.4 Å². The zero-order valence-electron chi connectivity index (χ0n) is 9.48. The number of hydrogen-bond acceptors (Lipinski definition) is 4. The summed E-state index contributed by atoms with van der Waals surface area (Å²) in [7, 11) is 0. The van der Waals surface area contributed by atoms with Crippen molar-refractivity contribution in [2.75, 3.05) is 0 Å². The Bertz CT molecular complexity index is 498. The summed E-state index contributed by atoms with van der Waals surface area (Å²) in [5, 5.41) is 2.07. The van der Waals surface area contributed by atoms with E-state index in [0.717, 1.165) is 22.3 Å². The van der Waals surface area contributed by atoms with Gasteiger partial charge in [0.2, 0.25) is 0 Å². The first-order chi connectivity index (χ1) is 8.20. The fourth-order valence-electron chi connectivity index (χ4n) is 1.66. The quantitative estimate of drug-likeness (QED) is 0.674. The van der Waals surface area contributed by atoms with Gasteiger partial charge in [-0.25, -0.2) is 0 Å². The van der Waals surface area contributed by atoms with Crippen molar-refractivity contribution in [3.8, 4) is 0 Å². The Morgan fingerprint density at radius 3 is 2.88 bits per heavy atom. The molecule has 0 aliphatic carbocycles. The van der Waals surface area contributed by atoms with E-state index in [1.807, 2.05) is 25.1 Å². The van der Waals surface area contributed by atoms with Crippen LogP contribution in [0, 0.1) is 6.92 Å². The smallest absolute Gasteiger partial charge is 0.0680 e. The topological polar surface area (TPSA) is 50.9 Å². The molecule has 2 aromatic rings. The van der Waals surface area contributed by atoms with Crippen molar-refractivity contribution < 1.29 is 0 Å². The van der Waals surface area contributed by atoms with E-state index >= 15 is 0 Å². The summed E-state index contributed by atoms with van der Waals surface area (Å²) in [5.74, 6) is 5.62. The average molecular weight is 312 g/mol. The first kappa shape index (κ1) is 12.7. The Morgan fingerprint density at radius 2 is 2.29 bits per heavy atom. The van der Waals surface area contributed by atoms with Gasteiger partial charge in [0.25, 0.3) is 0 Å². The predicted octanol–water partition coefficient (Wildman–Crippen LogP) is 2.96. The molecule has 2 heterocycles. The summed E-state index contributed by atoms with van der Waals surface area (Å²) in [5.41, 5.74) is 4.82. The molecule has 2 rings (SSSR count). The van der Waals surface area contributed by atoms with Gasteiger partial charge in [0.05, 0.1) is 11.7 Å². The number of nitrogens with two attached hydrogens (primary N) is 1. The second-order valence-corrected chi connectivity index (χ2v) is 5.67. The summed E-state index contributed by atoms with van der Waals surface area (Å²) in [6, 6.07) is 8.09. The first-order valence-corrected chi connectivity index (χ1v) is 6.99. The van der Waals surface area contributed by atoms with Crippen molar-refractivity contribution in [3.63, 3.8) is 0 Å². The predicted molar refractivity (Wildman–Crippen MR) is 74.8 cm³/mol. The maximum atomic E-state index is 5.62. The lowest BCUT2D eigenvalue weighted by Gasteiger charge is -2.15. The molecule has 3 nitrogen and oxygen atoms in total. The normalized spacial score (nSPS) is 12.6. The number of hydrazine groups is 1. The minimum absolute atomic E-state index is 0.0462. The van der Waals surface area contributed by atoms with Gasteiger partial charge in [0.15, 0.2) is 0 Å². The molecule has 0 aliphatic heterocycles. The summed E-state index contributed by atoms with van der Waals surface area (Å²) < 4.78 is 1.13. The fourth-order valence-corrected chi connectivity index (χ4v) is 3.22. The van der Waals surface area contributed by atoms with Crippen LogP contribution in [0.5, 0.6) is 0 Å². The van der Waals surface area contributed by atoms with Crippen LogP contribution in [0.15, 0.2) is 34.1 Å². The Kier molecular flexibility index (Phi) is 4.28. The third-order valence-electron chi connectivity index (χ3n) is 2.55. The lowest BCUT2D eigenvalue weighted by atomic mass is 10.1. The number of thiophene rings is 1. The second-order valence-electron chi connectivity index (χ2n) is 3.82. The number of halogens is 1. The van der Waals surface area contributed by atoms with E-state index in [4.69, 9.17) is 5.84 Å². The van der Waals surface area contributed by atoms with Crippen LogP contribution in [0.2, 0.25) is 0 Å². The zero-order chi connectivity index (χ0) is 12.3. The van der Waals surface area contributed by atoms with Crippen LogP contribution in [0.4, 0.5) is 0 Å². The van der Waals surface area contributed by atoms with Crippen molar-refractivity contribution in [1.29, 1.82) is 0 Å². The Balaban J connectivity index is 2.20. The van der Waals surface area contributed by atoms with E-state index in [0.29, 0.717) is 0 Å². The van der Waals surface area contributed by atoms with E-state index in [-0.39, 0.29) is 6.04 Å². The molecule has 1 unspecified atom stereocenters. The van der Waals surface area contributed by atoms with Gasteiger partial charge in [-0.2, -0.15) is 0 Å². The van der Waals surface area contributed by atoms with Gasteiger partial charge in [-0.1, -0.05) is 6.07 Å². The van der Waals surface area contributed by atoms with E-state index in [1.54, 1.807) is 11.3 Å². The number of nitrogens with zero attached hydrogens (tertiary/aromatic N) is 1. The van der Waals surface area contributed by atoms with Gasteiger partial charge in [-0.05, 0) is 46.4 Å². The minimum atomic E-state index is 0.0462. The molecular weight excluding hydrogens is 298 g/mol. The SMILES string of the molecule is Cc1cccc(C(Cc2sccc2Br)NN)n1. The summed E-state index contributed by atoms with van der Waals surface area (Å²) in [6.45, 7) is 1.98. The van der Waals surface area contributed by atoms with Crippen molar-refractivity contribution in [3.05, 3.63) is 50.4 Å². The van der Waals surface area contributed by atoms with Crippen LogP contribution in [0.3, 0.4) is 0 Å². The molecule has 1 atom stereocenters. The second kappa shape index (κ2) is 5.73. The highest BCUT2D eigenvalue weighted by atomic mass is 79.9. The van der Waals surface area contributed by atoms with Gasteiger partial charge in [-0.3, -0.25) is 16.3 Å². The molecule has 90 valence electrons. The molecule has 2 aromatic heterocycles. The molecule has 0 saturated heterocycles. The fraction of sp³-hybridized carbons (Fsp3) is 0.250. The number of hydrogen-bond donors (Lipinski definition) is 2. The number of nitrogens with one attached hydrogen (secondary N) is 1. The van der Waals surface area contributed by atoms with E-state index in [2.05, 4.69) is 37.8 Å². The molecule has 0 amide bonds. The third-order valence-corrected chi connectivity index (χ3v) is 4.50. The molecule has 17 heavy (non-hydrogen) atoms. The lowest BCUT2D eigenvalue weighted by molar-refractivity contribution is 0.540. The number of aromatic nitrogens is 1. The minimum Gasteiger partial charge on any atom is -0.271 e. The largest absolute Gasteiger partial charge is 0.271 e. The summed E-state index contributed by atoms with van der Waals surface area (Å²) in [4.78, 5) is 5.78. The van der Waals surface area contributed by atoms with Gasteiger partial charge in [0, 0.05) is 21.5 Å². The van der Waals surface area contributed by atoms with E-state index in [9.17, 15) is 0 Å². The lowest BCUT2D eigenvalue weighted by Crippen LogP contribution is -2.30. The Labute approximate surface area is 113 Å². The molecule has 0 bridgehead atoms. The summed E-state index contributed by atoms with van der Waals surface area (Å²) in [6.07, 6.45) is 0.838. The van der Waals surface area contributed by atoms with Crippen molar-refractivity contribution in [2.45, 2.75) is 19.4 Å². The van der Waals surface area contributed by atoms with Crippen molar-refractivity contribution >= 4 is 27.3 Å². The number of aryl methyl sites for hydroxylation is 1. The van der Waals surface area contributed by atoms with Gasteiger partial charge < -0.3 is 0 Å². The zero-order valence-corrected chi connectivity index (χ0v) is 11.9. The molecular formula is C12H14BrN3S. The number of rotatable bonds is 4. The highest BCUT2D eigenvalue weighted by molar-refractivity contribution is 9.10. The van der Waals surface area contributed by atoms with Crippen LogP contribution in [0.25, 0.3) is 0 Å². The van der Waals surface area contributed by atoms with Crippen LogP contribution in [-0.4, -0.2) is 4.98 Å². The van der Waals surface area contributed by atoms with Gasteiger partial charge in [-0.15, -0.1) is 11.3 Å². The molecule has 0 radical (unpaired) electrons. The molecule has 0 aromatic carbocycles. The third kappa shape index (κ3) is 3.13. The molecule has 0 fully saturated rings. The van der Waals surface area contributed by atoms with Crippen LogP contribution in [0.1, 0.15) is 22.3 Å². The first-order valence-electron chi connectivity index (χ1n) is 5.32. The van der Waals surface area contributed by atoms with Crippen LogP contribution in [-0.2, 0) is 6.42 Å². The summed E-state index contributed by atoms with van der Waals surface area (Å²) >= 11 is 5.25. The number of pyridine rings is 1. The maximum absolute atomic E-state index is 5.62. The molecule has 0 aliphatic rings.